The number of amides is 1. The number of aromatic amines is 1. The minimum Gasteiger partial charge on any atom is -0.368 e. The second-order valence-electron chi connectivity index (χ2n) is 3.92. The number of imidazole rings is 1. The van der Waals surface area contributed by atoms with Crippen LogP contribution in [0.15, 0.2) is 17.6 Å². The average Bonchev–Trinajstić information content (AvgIpc) is 2.83. The van der Waals surface area contributed by atoms with Crippen molar-refractivity contribution in [3.8, 4) is 0 Å². The van der Waals surface area contributed by atoms with Gasteiger partial charge in [-0.25, -0.2) is 13.4 Å². The highest BCUT2D eigenvalue weighted by Gasteiger charge is 2.37. The molecule has 1 fully saturated rings. The first-order valence-corrected chi connectivity index (χ1v) is 6.78. The van der Waals surface area contributed by atoms with Gasteiger partial charge in [-0.2, -0.15) is 4.31 Å². The highest BCUT2D eigenvalue weighted by Crippen LogP contribution is 2.23. The van der Waals surface area contributed by atoms with Gasteiger partial charge in [0.15, 0.2) is 0 Å². The minimum absolute atomic E-state index is 0.148. The first kappa shape index (κ1) is 12.1. The number of H-pyrrole nitrogens is 1. The topological polar surface area (TPSA) is 109 Å². The second-order valence-corrected chi connectivity index (χ2v) is 5.73. The molecule has 17 heavy (non-hydrogen) atoms. The number of piperidine rings is 1. The Hall–Kier alpha value is -1.41. The lowest BCUT2D eigenvalue weighted by molar-refractivity contribution is -0.122. The number of nitrogens with one attached hydrogen (secondary N) is 1. The molecular weight excluding hydrogens is 244 g/mol. The van der Waals surface area contributed by atoms with E-state index in [0.717, 1.165) is 17.1 Å². The maximum atomic E-state index is 12.2. The van der Waals surface area contributed by atoms with E-state index in [2.05, 4.69) is 9.97 Å². The van der Waals surface area contributed by atoms with Crippen LogP contribution in [0.25, 0.3) is 0 Å². The molecule has 3 N–H and O–H groups in total. The first-order valence-electron chi connectivity index (χ1n) is 5.34. The van der Waals surface area contributed by atoms with Gasteiger partial charge < -0.3 is 10.7 Å². The molecule has 0 aliphatic carbocycles. The lowest BCUT2D eigenvalue weighted by Gasteiger charge is -2.31. The first-order chi connectivity index (χ1) is 8.03. The van der Waals surface area contributed by atoms with E-state index in [0.29, 0.717) is 13.0 Å². The molecule has 1 aromatic rings. The largest absolute Gasteiger partial charge is 0.368 e. The van der Waals surface area contributed by atoms with Crippen molar-refractivity contribution in [2.24, 2.45) is 5.73 Å². The van der Waals surface area contributed by atoms with Crippen LogP contribution < -0.4 is 5.73 Å². The van der Waals surface area contributed by atoms with Gasteiger partial charge in [0.05, 0.1) is 0 Å². The molecule has 1 saturated heterocycles. The van der Waals surface area contributed by atoms with Crippen LogP contribution in [0.3, 0.4) is 0 Å². The Morgan fingerprint density at radius 2 is 2.29 bits per heavy atom. The number of hydrogen-bond donors (Lipinski definition) is 2. The summed E-state index contributed by atoms with van der Waals surface area (Å²) in [5, 5.41) is -0.148. The monoisotopic (exact) mass is 258 g/mol. The van der Waals surface area contributed by atoms with Gasteiger partial charge in [0.2, 0.25) is 11.1 Å². The number of primary amides is 1. The standard InChI is InChI=1S/C9H14N4O3S/c10-8(14)7-3-1-2-6-13(7)17(15,16)9-11-4-5-12-9/h4-5,7H,1-3,6H2,(H2,10,14)(H,11,12). The van der Waals surface area contributed by atoms with Crippen LogP contribution >= 0.6 is 0 Å². The molecule has 7 nitrogen and oxygen atoms in total. The zero-order valence-electron chi connectivity index (χ0n) is 9.17. The summed E-state index contributed by atoms with van der Waals surface area (Å²) in [6.07, 6.45) is 4.78. The van der Waals surface area contributed by atoms with Crippen molar-refractivity contribution >= 4 is 15.9 Å². The number of sulfonamides is 1. The van der Waals surface area contributed by atoms with Gasteiger partial charge in [0.1, 0.15) is 6.04 Å². The Morgan fingerprint density at radius 3 is 2.88 bits per heavy atom. The van der Waals surface area contributed by atoms with E-state index < -0.39 is 22.0 Å². The third-order valence-electron chi connectivity index (χ3n) is 2.81. The molecule has 1 aliphatic heterocycles. The van der Waals surface area contributed by atoms with Crippen molar-refractivity contribution in [3.63, 3.8) is 0 Å². The molecule has 1 unspecified atom stereocenters. The lowest BCUT2D eigenvalue weighted by Crippen LogP contribution is -2.50. The van der Waals surface area contributed by atoms with Gasteiger partial charge in [0.25, 0.3) is 10.0 Å². The molecule has 94 valence electrons. The van der Waals surface area contributed by atoms with Crippen molar-refractivity contribution in [1.82, 2.24) is 14.3 Å². The molecule has 2 heterocycles. The number of aromatic nitrogens is 2. The number of carbonyl (C=O) groups excluding carboxylic acids is 1. The fourth-order valence-electron chi connectivity index (χ4n) is 1.98. The molecule has 2 rings (SSSR count). The molecule has 0 saturated carbocycles. The molecule has 1 aromatic heterocycles. The van der Waals surface area contributed by atoms with E-state index >= 15 is 0 Å². The molecule has 0 spiro atoms. The Morgan fingerprint density at radius 1 is 1.53 bits per heavy atom. The average molecular weight is 258 g/mol. The second kappa shape index (κ2) is 4.46. The molecule has 0 bridgehead atoms. The van der Waals surface area contributed by atoms with Crippen molar-refractivity contribution in [3.05, 3.63) is 12.4 Å². The summed E-state index contributed by atoms with van der Waals surface area (Å²) < 4.78 is 25.5. The fraction of sp³-hybridized carbons (Fsp3) is 0.556. The van der Waals surface area contributed by atoms with E-state index in [9.17, 15) is 13.2 Å². The van der Waals surface area contributed by atoms with Gasteiger partial charge in [-0.1, -0.05) is 6.42 Å². The van der Waals surface area contributed by atoms with E-state index in [4.69, 9.17) is 5.73 Å². The molecule has 0 aromatic carbocycles. The van der Waals surface area contributed by atoms with Crippen LogP contribution in [-0.2, 0) is 14.8 Å². The Labute approximate surface area is 99.1 Å². The zero-order chi connectivity index (χ0) is 12.5. The van der Waals surface area contributed by atoms with Crippen molar-refractivity contribution in [2.75, 3.05) is 6.54 Å². The van der Waals surface area contributed by atoms with Crippen LogP contribution in [-0.4, -0.2) is 41.2 Å². The molecule has 1 aliphatic rings. The Bertz CT molecular complexity index is 496. The summed E-state index contributed by atoms with van der Waals surface area (Å²) in [5.74, 6) is -0.611. The van der Waals surface area contributed by atoms with E-state index in [1.54, 1.807) is 0 Å². The predicted octanol–water partition coefficient (Wildman–Crippen LogP) is -0.562. The van der Waals surface area contributed by atoms with E-state index in [1.165, 1.54) is 12.4 Å². The SMILES string of the molecule is NC(=O)C1CCCCN1S(=O)(=O)c1ncc[nH]1. The lowest BCUT2D eigenvalue weighted by atomic mass is 10.0. The van der Waals surface area contributed by atoms with Crippen molar-refractivity contribution in [2.45, 2.75) is 30.5 Å². The van der Waals surface area contributed by atoms with Gasteiger partial charge in [-0.3, -0.25) is 4.79 Å². The number of rotatable bonds is 3. The maximum Gasteiger partial charge on any atom is 0.277 e. The van der Waals surface area contributed by atoms with Gasteiger partial charge in [-0.05, 0) is 12.8 Å². The van der Waals surface area contributed by atoms with Crippen molar-refractivity contribution in [1.29, 1.82) is 0 Å². The maximum absolute atomic E-state index is 12.2. The molecule has 0 radical (unpaired) electrons. The van der Waals surface area contributed by atoms with E-state index in [1.807, 2.05) is 0 Å². The summed E-state index contributed by atoms with van der Waals surface area (Å²) in [5.41, 5.74) is 5.23. The van der Waals surface area contributed by atoms with E-state index in [-0.39, 0.29) is 5.16 Å². The number of hydrogen-bond acceptors (Lipinski definition) is 4. The molecular formula is C9H14N4O3S. The quantitative estimate of drug-likeness (QED) is 0.757. The van der Waals surface area contributed by atoms with Crippen LogP contribution in [0.4, 0.5) is 0 Å². The predicted molar refractivity (Wildman–Crippen MR) is 59.3 cm³/mol. The normalized spacial score (nSPS) is 22.5. The van der Waals surface area contributed by atoms with Crippen LogP contribution in [0.1, 0.15) is 19.3 Å². The summed E-state index contributed by atoms with van der Waals surface area (Å²) in [4.78, 5) is 17.5. The molecule has 8 heteroatoms. The summed E-state index contributed by atoms with van der Waals surface area (Å²) in [6.45, 7) is 0.302. The van der Waals surface area contributed by atoms with Crippen molar-refractivity contribution < 1.29 is 13.2 Å². The third kappa shape index (κ3) is 2.18. The summed E-state index contributed by atoms with van der Waals surface area (Å²) in [7, 11) is -3.75. The third-order valence-corrected chi connectivity index (χ3v) is 4.57. The Kier molecular flexibility index (Phi) is 3.16. The molecule has 1 atom stereocenters. The number of carbonyl (C=O) groups is 1. The van der Waals surface area contributed by atoms with Crippen LogP contribution in [0.2, 0.25) is 0 Å². The zero-order valence-corrected chi connectivity index (χ0v) is 9.98. The van der Waals surface area contributed by atoms with Gasteiger partial charge in [0, 0.05) is 18.9 Å². The molecule has 1 amide bonds. The van der Waals surface area contributed by atoms with Gasteiger partial charge >= 0.3 is 0 Å². The Balaban J connectivity index is 2.34. The smallest absolute Gasteiger partial charge is 0.277 e. The number of nitrogens with zero attached hydrogens (tertiary/aromatic N) is 2. The summed E-state index contributed by atoms with van der Waals surface area (Å²) >= 11 is 0. The number of nitrogens with two attached hydrogens (primary N) is 1. The summed E-state index contributed by atoms with van der Waals surface area (Å²) in [6, 6.07) is -0.765. The highest BCUT2D eigenvalue weighted by molar-refractivity contribution is 7.89. The minimum atomic E-state index is -3.75. The van der Waals surface area contributed by atoms with Gasteiger partial charge in [-0.15, -0.1) is 0 Å². The fourth-order valence-corrected chi connectivity index (χ4v) is 3.53. The highest BCUT2D eigenvalue weighted by atomic mass is 32.2. The van der Waals surface area contributed by atoms with Crippen LogP contribution in [0, 0.1) is 0 Å². The van der Waals surface area contributed by atoms with Crippen LogP contribution in [0.5, 0.6) is 0 Å².